The highest BCUT2D eigenvalue weighted by molar-refractivity contribution is 6.41. The highest BCUT2D eigenvalue weighted by Crippen LogP contribution is 2.33. The minimum atomic E-state index is 0.143. The van der Waals surface area contributed by atoms with Gasteiger partial charge in [-0.05, 0) is 31.2 Å². The van der Waals surface area contributed by atoms with Crippen molar-refractivity contribution >= 4 is 75.6 Å². The molecule has 4 nitrogen and oxygen atoms in total. The van der Waals surface area contributed by atoms with Crippen LogP contribution in [0.5, 0.6) is 0 Å². The quantitative estimate of drug-likeness (QED) is 0.391. The fourth-order valence-corrected chi connectivity index (χ4v) is 3.12. The van der Waals surface area contributed by atoms with Crippen LogP contribution >= 0.6 is 58.0 Å². The molecule has 0 atom stereocenters. The predicted molar refractivity (Wildman–Crippen MR) is 108 cm³/mol. The highest BCUT2D eigenvalue weighted by atomic mass is 35.5. The Morgan fingerprint density at radius 1 is 1.04 bits per heavy atom. The number of nitrogens with zero attached hydrogens (tertiary/aromatic N) is 2. The van der Waals surface area contributed by atoms with Crippen LogP contribution in [-0.2, 0) is 11.4 Å². The Balaban J connectivity index is 1.94. The van der Waals surface area contributed by atoms with Crippen molar-refractivity contribution in [2.24, 2.45) is 10.3 Å². The summed E-state index contributed by atoms with van der Waals surface area (Å²) in [5.41, 5.74) is 4.41. The van der Waals surface area contributed by atoms with Crippen molar-refractivity contribution in [1.82, 2.24) is 0 Å². The molecular weight excluding hydrogens is 427 g/mol. The molecule has 25 heavy (non-hydrogen) atoms. The van der Waals surface area contributed by atoms with E-state index < -0.39 is 0 Å². The van der Waals surface area contributed by atoms with Crippen LogP contribution in [0.25, 0.3) is 0 Å². The van der Waals surface area contributed by atoms with Gasteiger partial charge in [0, 0.05) is 20.6 Å². The Morgan fingerprint density at radius 3 is 2.24 bits per heavy atom. The second kappa shape index (κ2) is 9.51. The lowest BCUT2D eigenvalue weighted by Gasteiger charge is -2.07. The van der Waals surface area contributed by atoms with Crippen LogP contribution in [0, 0.1) is 0 Å². The van der Waals surface area contributed by atoms with E-state index in [-0.39, 0.29) is 6.61 Å². The maximum atomic E-state index is 6.06. The summed E-state index contributed by atoms with van der Waals surface area (Å²) in [6.07, 6.45) is 1.43. The van der Waals surface area contributed by atoms with Gasteiger partial charge in [0.1, 0.15) is 6.61 Å². The van der Waals surface area contributed by atoms with Gasteiger partial charge in [0.2, 0.25) is 0 Å². The van der Waals surface area contributed by atoms with E-state index in [4.69, 9.17) is 62.8 Å². The number of oxime groups is 1. The maximum absolute atomic E-state index is 6.06. The van der Waals surface area contributed by atoms with Crippen molar-refractivity contribution in [2.45, 2.75) is 13.5 Å². The highest BCUT2D eigenvalue weighted by Gasteiger charge is 2.07. The molecule has 0 bridgehead atoms. The first kappa shape index (κ1) is 20.1. The van der Waals surface area contributed by atoms with Gasteiger partial charge in [-0.3, -0.25) is 5.43 Å². The third-order valence-corrected chi connectivity index (χ3v) is 4.46. The minimum absolute atomic E-state index is 0.143. The zero-order chi connectivity index (χ0) is 18.4. The fourth-order valence-electron chi connectivity index (χ4n) is 1.71. The average molecular weight is 440 g/mol. The first-order chi connectivity index (χ1) is 11.9. The largest absolute Gasteiger partial charge is 0.391 e. The first-order valence-corrected chi connectivity index (χ1v) is 8.80. The topological polar surface area (TPSA) is 46.0 Å². The van der Waals surface area contributed by atoms with Crippen LogP contribution in [0.2, 0.25) is 25.1 Å². The molecule has 0 unspecified atom stereocenters. The van der Waals surface area contributed by atoms with E-state index in [0.29, 0.717) is 42.1 Å². The Morgan fingerprint density at radius 2 is 1.64 bits per heavy atom. The third-order valence-electron chi connectivity index (χ3n) is 2.94. The van der Waals surface area contributed by atoms with Crippen molar-refractivity contribution in [3.05, 3.63) is 61.0 Å². The number of nitrogens with one attached hydrogen (secondary N) is 1. The zero-order valence-electron chi connectivity index (χ0n) is 12.9. The van der Waals surface area contributed by atoms with Gasteiger partial charge < -0.3 is 4.84 Å². The number of benzene rings is 2. The molecule has 2 aromatic carbocycles. The number of hydrazone groups is 1. The Labute approximate surface area is 170 Å². The van der Waals surface area contributed by atoms with E-state index in [1.807, 2.05) is 0 Å². The van der Waals surface area contributed by atoms with Gasteiger partial charge in [0.25, 0.3) is 0 Å². The minimum Gasteiger partial charge on any atom is -0.391 e. The zero-order valence-corrected chi connectivity index (χ0v) is 16.6. The SMILES string of the molecule is CC(/C=N/OCc1c(Cl)cccc1Cl)=N\Nc1c(Cl)cc(Cl)cc1Cl. The molecule has 0 aliphatic heterocycles. The van der Waals surface area contributed by atoms with Gasteiger partial charge in [0.05, 0.1) is 27.7 Å². The van der Waals surface area contributed by atoms with Crippen molar-refractivity contribution in [2.75, 3.05) is 5.43 Å². The number of hydrogen-bond acceptors (Lipinski definition) is 4. The van der Waals surface area contributed by atoms with Crippen LogP contribution in [0.3, 0.4) is 0 Å². The van der Waals surface area contributed by atoms with E-state index in [2.05, 4.69) is 15.7 Å². The monoisotopic (exact) mass is 437 g/mol. The van der Waals surface area contributed by atoms with Crippen molar-refractivity contribution in [3.8, 4) is 0 Å². The first-order valence-electron chi connectivity index (χ1n) is 6.91. The van der Waals surface area contributed by atoms with E-state index >= 15 is 0 Å². The van der Waals surface area contributed by atoms with Gasteiger partial charge >= 0.3 is 0 Å². The third kappa shape index (κ3) is 5.94. The number of halogens is 5. The lowest BCUT2D eigenvalue weighted by Crippen LogP contribution is -2.00. The summed E-state index contributed by atoms with van der Waals surface area (Å²) in [7, 11) is 0. The lowest BCUT2D eigenvalue weighted by atomic mass is 10.2. The predicted octanol–water partition coefficient (Wildman–Crippen LogP) is 6.94. The number of anilines is 1. The molecule has 2 aromatic rings. The molecule has 0 radical (unpaired) electrons. The number of rotatable bonds is 6. The molecule has 0 fully saturated rings. The number of hydrogen-bond donors (Lipinski definition) is 1. The van der Waals surface area contributed by atoms with Gasteiger partial charge in [-0.25, -0.2) is 0 Å². The second-order valence-corrected chi connectivity index (χ2v) is 6.88. The Kier molecular flexibility index (Phi) is 7.66. The Bertz CT molecular complexity index is 780. The molecule has 132 valence electrons. The molecule has 0 aromatic heterocycles. The summed E-state index contributed by atoms with van der Waals surface area (Å²) in [6, 6.07) is 8.34. The van der Waals surface area contributed by atoms with E-state index in [1.165, 1.54) is 6.21 Å². The molecule has 0 spiro atoms. The maximum Gasteiger partial charge on any atom is 0.145 e. The molecular formula is C16H12Cl5N3O. The Hall–Kier alpha value is -1.17. The standard InChI is InChI=1S/C16H12Cl5N3O/c1-9(23-24-16-14(20)5-10(17)6-15(16)21)7-22-25-8-11-12(18)3-2-4-13(11)19/h2-7,24H,8H2,1H3/b22-7+,23-9+. The average Bonchev–Trinajstić information content (AvgIpc) is 2.52. The van der Waals surface area contributed by atoms with Gasteiger partial charge in [-0.1, -0.05) is 69.2 Å². The van der Waals surface area contributed by atoms with Crippen molar-refractivity contribution in [1.29, 1.82) is 0 Å². The van der Waals surface area contributed by atoms with Crippen LogP contribution < -0.4 is 5.43 Å². The van der Waals surface area contributed by atoms with Gasteiger partial charge in [0.15, 0.2) is 0 Å². The molecule has 0 saturated heterocycles. The van der Waals surface area contributed by atoms with E-state index in [9.17, 15) is 0 Å². The second-order valence-electron chi connectivity index (χ2n) is 4.82. The van der Waals surface area contributed by atoms with Crippen molar-refractivity contribution in [3.63, 3.8) is 0 Å². The molecule has 1 N–H and O–H groups in total. The van der Waals surface area contributed by atoms with E-state index in [0.717, 1.165) is 0 Å². The molecule has 0 heterocycles. The summed E-state index contributed by atoms with van der Waals surface area (Å²) in [5.74, 6) is 0. The smallest absolute Gasteiger partial charge is 0.145 e. The van der Waals surface area contributed by atoms with Gasteiger partial charge in [-0.15, -0.1) is 0 Å². The molecule has 2 rings (SSSR count). The molecule has 9 heteroatoms. The molecule has 0 amide bonds. The van der Waals surface area contributed by atoms with Crippen LogP contribution in [0.4, 0.5) is 5.69 Å². The summed E-state index contributed by atoms with van der Waals surface area (Å²) < 4.78 is 0. The van der Waals surface area contributed by atoms with Crippen molar-refractivity contribution < 1.29 is 4.84 Å². The van der Waals surface area contributed by atoms with E-state index in [1.54, 1.807) is 37.3 Å². The normalized spacial score (nSPS) is 11.8. The molecule has 0 aliphatic rings. The molecule has 0 saturated carbocycles. The summed E-state index contributed by atoms with van der Waals surface area (Å²) >= 11 is 30.1. The summed E-state index contributed by atoms with van der Waals surface area (Å²) in [4.78, 5) is 5.19. The lowest BCUT2D eigenvalue weighted by molar-refractivity contribution is 0.132. The van der Waals surface area contributed by atoms with Crippen LogP contribution in [0.15, 0.2) is 40.6 Å². The van der Waals surface area contributed by atoms with Gasteiger partial charge in [-0.2, -0.15) is 5.10 Å². The fraction of sp³-hybridized carbons (Fsp3) is 0.125. The summed E-state index contributed by atoms with van der Waals surface area (Å²) in [5, 5.41) is 10.1. The summed E-state index contributed by atoms with van der Waals surface area (Å²) in [6.45, 7) is 1.87. The van der Waals surface area contributed by atoms with Crippen LogP contribution in [-0.4, -0.2) is 11.9 Å². The van der Waals surface area contributed by atoms with Crippen LogP contribution in [0.1, 0.15) is 12.5 Å². The molecule has 0 aliphatic carbocycles.